The Bertz CT molecular complexity index is 1120. The van der Waals surface area contributed by atoms with E-state index in [0.29, 0.717) is 38.4 Å². The van der Waals surface area contributed by atoms with Crippen LogP contribution in [-0.4, -0.2) is 128 Å². The van der Waals surface area contributed by atoms with Crippen molar-refractivity contribution in [1.29, 1.82) is 0 Å². The second kappa shape index (κ2) is 16.0. The van der Waals surface area contributed by atoms with Crippen molar-refractivity contribution in [2.24, 2.45) is 17.8 Å². The SMILES string of the molecule is CC[C@H]1OC(=O)[C@H](C)C(=O)[C@H](C)[C@@H](O[C@@H]2OC(CNC3CCC3)CC(N(C)C)C2O)[C@](C)(OC)C[C@@H](C)CN[C@H](C)[C@H]2NC(=O)O[C@@]21C. The number of amides is 1. The van der Waals surface area contributed by atoms with Crippen LogP contribution in [0.15, 0.2) is 0 Å². The van der Waals surface area contributed by atoms with Crippen LogP contribution in [0.5, 0.6) is 0 Å². The number of nitrogens with one attached hydrogen (secondary N) is 3. The van der Waals surface area contributed by atoms with Gasteiger partial charge in [0.1, 0.15) is 18.1 Å². The van der Waals surface area contributed by atoms with Crippen LogP contribution in [0.25, 0.3) is 0 Å². The number of hydrogen-bond acceptors (Lipinski definition) is 12. The highest BCUT2D eigenvalue weighted by Crippen LogP contribution is 2.38. The Morgan fingerprint density at radius 1 is 1.10 bits per heavy atom. The summed E-state index contributed by atoms with van der Waals surface area (Å²) in [5.41, 5.74) is -2.16. The van der Waals surface area contributed by atoms with Crippen molar-refractivity contribution >= 4 is 17.8 Å². The molecular formula is C35H62N4O9. The summed E-state index contributed by atoms with van der Waals surface area (Å²) >= 11 is 0. The zero-order chi connectivity index (χ0) is 35.6. The molecule has 4 fully saturated rings. The summed E-state index contributed by atoms with van der Waals surface area (Å²) in [4.78, 5) is 42.3. The molecule has 0 bridgehead atoms. The van der Waals surface area contributed by atoms with Crippen molar-refractivity contribution in [3.05, 3.63) is 0 Å². The van der Waals surface area contributed by atoms with E-state index in [1.165, 1.54) is 13.3 Å². The van der Waals surface area contributed by atoms with Crippen molar-refractivity contribution in [1.82, 2.24) is 20.9 Å². The normalized spacial score (nSPS) is 43.8. The number of hydrogen-bond donors (Lipinski definition) is 4. The average Bonchev–Trinajstić information content (AvgIpc) is 3.33. The Morgan fingerprint density at radius 3 is 2.38 bits per heavy atom. The van der Waals surface area contributed by atoms with Gasteiger partial charge in [-0.25, -0.2) is 4.79 Å². The van der Waals surface area contributed by atoms with Crippen molar-refractivity contribution in [3.63, 3.8) is 0 Å². The Kier molecular flexibility index (Phi) is 13.0. The molecular weight excluding hydrogens is 620 g/mol. The first-order chi connectivity index (χ1) is 22.5. The molecule has 13 nitrogen and oxygen atoms in total. The second-order valence-electron chi connectivity index (χ2n) is 15.4. The standard InChI is InChI=1S/C35H62N4O9/c1-11-26-35(7)29(38-33(43)48-35)22(5)36-17-19(2)16-34(6,44-10)30(20(3)27(40)21(4)31(42)46-26)47-32-28(41)25(39(8)9)15-24(45-32)18-37-23-13-12-14-23/h19-26,28-30,32,36-37,41H,11-18H2,1-10H3,(H,38,43)/t19-,20+,21-,22-,24?,25?,26-,28?,29-,30-,32+,34-,35-/m1/s1. The summed E-state index contributed by atoms with van der Waals surface area (Å²) in [5.74, 6) is -3.02. The summed E-state index contributed by atoms with van der Waals surface area (Å²) < 4.78 is 31.2. The summed E-state index contributed by atoms with van der Waals surface area (Å²) in [7, 11) is 5.45. The number of nitrogens with zero attached hydrogens (tertiary/aromatic N) is 1. The summed E-state index contributed by atoms with van der Waals surface area (Å²) in [6.07, 6.45) is 0.538. The summed E-state index contributed by atoms with van der Waals surface area (Å²) in [6.45, 7) is 14.1. The molecule has 1 amide bonds. The Labute approximate surface area is 286 Å². The third-order valence-electron chi connectivity index (χ3n) is 11.5. The number of cyclic esters (lactones) is 1. The van der Waals surface area contributed by atoms with Gasteiger partial charge < -0.3 is 49.6 Å². The van der Waals surface area contributed by atoms with Crippen LogP contribution in [0.2, 0.25) is 0 Å². The first-order valence-electron chi connectivity index (χ1n) is 18.0. The number of ketones is 1. The number of aliphatic hydroxyl groups is 1. The largest absolute Gasteiger partial charge is 0.458 e. The summed E-state index contributed by atoms with van der Waals surface area (Å²) in [5, 5.41) is 21.6. The fraction of sp³-hybridized carbons (Fsp3) is 0.914. The van der Waals surface area contributed by atoms with Gasteiger partial charge in [0.15, 0.2) is 17.7 Å². The number of esters is 1. The highest BCUT2D eigenvalue weighted by Gasteiger charge is 2.55. The highest BCUT2D eigenvalue weighted by molar-refractivity contribution is 6.00. The lowest BCUT2D eigenvalue weighted by atomic mass is 9.78. The molecule has 3 unspecified atom stereocenters. The third-order valence-corrected chi connectivity index (χ3v) is 11.5. The molecule has 13 heteroatoms. The Hall–Kier alpha value is -1.87. The van der Waals surface area contributed by atoms with Crippen LogP contribution in [-0.2, 0) is 33.3 Å². The zero-order valence-corrected chi connectivity index (χ0v) is 30.7. The fourth-order valence-corrected chi connectivity index (χ4v) is 8.06. The number of Topliss-reactive ketones (excluding diaryl/α,β-unsaturated/α-hetero) is 1. The van der Waals surface area contributed by atoms with Gasteiger partial charge in [-0.05, 0) is 86.4 Å². The molecule has 0 spiro atoms. The number of ether oxygens (including phenoxy) is 5. The molecule has 1 aliphatic carbocycles. The number of likely N-dealkylation sites (N-methyl/N-ethyl adjacent to an activating group) is 1. The van der Waals surface area contributed by atoms with Crippen molar-refractivity contribution < 1.29 is 43.2 Å². The number of methoxy groups -OCH3 is 1. The van der Waals surface area contributed by atoms with Crippen LogP contribution < -0.4 is 16.0 Å². The van der Waals surface area contributed by atoms with Crippen LogP contribution in [0.3, 0.4) is 0 Å². The zero-order valence-electron chi connectivity index (χ0n) is 30.7. The molecule has 3 saturated heterocycles. The first-order valence-corrected chi connectivity index (χ1v) is 18.0. The number of carbonyl (C=O) groups is 3. The van der Waals surface area contributed by atoms with Gasteiger partial charge in [-0.15, -0.1) is 0 Å². The molecule has 4 aliphatic rings. The maximum atomic E-state index is 14.2. The van der Waals surface area contributed by atoms with E-state index < -0.39 is 65.7 Å². The Morgan fingerprint density at radius 2 is 1.79 bits per heavy atom. The summed E-state index contributed by atoms with van der Waals surface area (Å²) in [6, 6.07) is -0.477. The molecule has 0 aromatic carbocycles. The van der Waals surface area contributed by atoms with E-state index in [1.807, 2.05) is 39.8 Å². The Balaban J connectivity index is 1.66. The predicted molar refractivity (Wildman–Crippen MR) is 179 cm³/mol. The smallest absolute Gasteiger partial charge is 0.408 e. The van der Waals surface area contributed by atoms with Crippen molar-refractivity contribution in [2.75, 3.05) is 34.3 Å². The van der Waals surface area contributed by atoms with E-state index in [4.69, 9.17) is 23.7 Å². The lowest BCUT2D eigenvalue weighted by Crippen LogP contribution is -2.60. The van der Waals surface area contributed by atoms with Gasteiger partial charge in [0, 0.05) is 37.7 Å². The van der Waals surface area contributed by atoms with Crippen LogP contribution in [0.4, 0.5) is 4.79 Å². The number of carbonyl (C=O) groups excluding carboxylic acids is 3. The van der Waals surface area contributed by atoms with Crippen LogP contribution in [0, 0.1) is 17.8 Å². The molecule has 0 radical (unpaired) electrons. The van der Waals surface area contributed by atoms with Crippen LogP contribution in [0.1, 0.15) is 87.0 Å². The van der Waals surface area contributed by atoms with E-state index in [-0.39, 0.29) is 29.9 Å². The molecule has 3 heterocycles. The molecule has 3 aliphatic heterocycles. The fourth-order valence-electron chi connectivity index (χ4n) is 8.06. The van der Waals surface area contributed by atoms with Gasteiger partial charge in [-0.1, -0.05) is 27.2 Å². The molecule has 276 valence electrons. The molecule has 13 atom stereocenters. The lowest BCUT2D eigenvalue weighted by molar-refractivity contribution is -0.297. The molecule has 0 aromatic rings. The second-order valence-corrected chi connectivity index (χ2v) is 15.4. The quantitative estimate of drug-likeness (QED) is 0.219. The van der Waals surface area contributed by atoms with Gasteiger partial charge in [0.25, 0.3) is 0 Å². The van der Waals surface area contributed by atoms with E-state index >= 15 is 0 Å². The van der Waals surface area contributed by atoms with Gasteiger partial charge in [-0.2, -0.15) is 0 Å². The molecule has 0 aromatic heterocycles. The minimum Gasteiger partial charge on any atom is -0.458 e. The van der Waals surface area contributed by atoms with E-state index in [2.05, 4.69) is 22.9 Å². The van der Waals surface area contributed by atoms with Gasteiger partial charge in [0.2, 0.25) is 0 Å². The van der Waals surface area contributed by atoms with E-state index in [0.717, 1.165) is 12.8 Å². The molecule has 48 heavy (non-hydrogen) atoms. The molecule has 4 N–H and O–H groups in total. The maximum absolute atomic E-state index is 14.2. The number of aliphatic hydroxyl groups excluding tert-OH is 1. The number of alkyl carbamates (subject to hydrolysis) is 1. The van der Waals surface area contributed by atoms with Crippen molar-refractivity contribution in [3.8, 4) is 0 Å². The van der Waals surface area contributed by atoms with Crippen LogP contribution >= 0.6 is 0 Å². The molecule has 4 rings (SSSR count). The van der Waals surface area contributed by atoms with E-state index in [1.54, 1.807) is 21.0 Å². The first kappa shape index (κ1) is 38.9. The highest BCUT2D eigenvalue weighted by atomic mass is 16.7. The monoisotopic (exact) mass is 682 g/mol. The van der Waals surface area contributed by atoms with Gasteiger partial charge >= 0.3 is 12.1 Å². The minimum absolute atomic E-state index is 0.0311. The number of rotatable bonds is 8. The predicted octanol–water partition coefficient (Wildman–Crippen LogP) is 2.37. The minimum atomic E-state index is -1.15. The number of fused-ring (bicyclic) bond motifs is 1. The third kappa shape index (κ3) is 8.35. The lowest BCUT2D eigenvalue weighted by Gasteiger charge is -2.47. The molecule has 1 saturated carbocycles. The average molecular weight is 683 g/mol. The van der Waals surface area contributed by atoms with Crippen molar-refractivity contribution in [2.45, 2.75) is 153 Å². The van der Waals surface area contributed by atoms with Gasteiger partial charge in [0.05, 0.1) is 23.9 Å². The maximum Gasteiger partial charge on any atom is 0.408 e. The van der Waals surface area contributed by atoms with Gasteiger partial charge in [-0.3, -0.25) is 9.59 Å². The topological polar surface area (TPSA) is 157 Å². The van der Waals surface area contributed by atoms with E-state index in [9.17, 15) is 19.5 Å².